The van der Waals surface area contributed by atoms with Crippen LogP contribution in [-0.4, -0.2) is 16.4 Å². The van der Waals surface area contributed by atoms with Crippen molar-refractivity contribution < 1.29 is 0 Å². The van der Waals surface area contributed by atoms with E-state index in [0.717, 1.165) is 5.04 Å². The summed E-state index contributed by atoms with van der Waals surface area (Å²) >= 11 is 6.96. The van der Waals surface area contributed by atoms with Crippen LogP contribution in [0, 0.1) is 12.8 Å². The minimum absolute atomic E-state index is 0.0858. The molecule has 17 heavy (non-hydrogen) atoms. The van der Waals surface area contributed by atoms with Crippen LogP contribution in [0.3, 0.4) is 0 Å². The lowest BCUT2D eigenvalue weighted by Crippen LogP contribution is -2.20. The van der Waals surface area contributed by atoms with Crippen molar-refractivity contribution in [3.8, 4) is 0 Å². The Hall–Kier alpha value is -1.26. The third-order valence-electron chi connectivity index (χ3n) is 2.87. The molecule has 0 amide bonds. The van der Waals surface area contributed by atoms with E-state index in [-0.39, 0.29) is 5.92 Å². The lowest BCUT2D eigenvalue weighted by atomic mass is 9.94. The van der Waals surface area contributed by atoms with E-state index in [9.17, 15) is 0 Å². The fourth-order valence-corrected chi connectivity index (χ4v) is 3.30. The van der Waals surface area contributed by atoms with Gasteiger partial charge in [0.2, 0.25) is 0 Å². The van der Waals surface area contributed by atoms with E-state index < -0.39 is 0 Å². The first-order valence-electron chi connectivity index (χ1n) is 5.33. The molecule has 2 nitrogen and oxygen atoms in total. The molecule has 2 heterocycles. The van der Waals surface area contributed by atoms with Crippen LogP contribution in [0.4, 0.5) is 0 Å². The summed E-state index contributed by atoms with van der Waals surface area (Å²) in [4.78, 5) is 9.13. The van der Waals surface area contributed by atoms with Crippen LogP contribution in [0.25, 0.3) is 5.57 Å². The number of thioether (sulfide) groups is 1. The van der Waals surface area contributed by atoms with E-state index in [0.29, 0.717) is 4.99 Å². The number of benzene rings is 1. The molecule has 0 aliphatic carbocycles. The third-order valence-corrected chi connectivity index (χ3v) is 4.16. The Morgan fingerprint density at radius 3 is 2.76 bits per heavy atom. The molecular formula is C13H10N2S2. The minimum Gasteiger partial charge on any atom is -0.233 e. The molecule has 84 valence electrons. The van der Waals surface area contributed by atoms with Gasteiger partial charge in [-0.1, -0.05) is 53.8 Å². The van der Waals surface area contributed by atoms with Crippen LogP contribution in [0.1, 0.15) is 11.1 Å². The number of aliphatic imine (C=N–C) groups is 2. The highest BCUT2D eigenvalue weighted by atomic mass is 32.2. The Morgan fingerprint density at radius 2 is 2.00 bits per heavy atom. The van der Waals surface area contributed by atoms with Crippen LogP contribution >= 0.6 is 24.0 Å². The molecular weight excluding hydrogens is 248 g/mol. The summed E-state index contributed by atoms with van der Waals surface area (Å²) in [5, 5.41) is 3.18. The zero-order valence-corrected chi connectivity index (χ0v) is 10.9. The number of hydrogen-bond acceptors (Lipinski definition) is 3. The molecule has 0 spiro atoms. The zero-order valence-electron chi connectivity index (χ0n) is 9.25. The maximum absolute atomic E-state index is 5.31. The summed E-state index contributed by atoms with van der Waals surface area (Å²) in [5.41, 5.74) is 3.69. The molecule has 1 aromatic rings. The molecule has 3 rings (SSSR count). The molecule has 0 N–H and O–H groups in total. The Balaban J connectivity index is 2.00. The highest BCUT2D eigenvalue weighted by Crippen LogP contribution is 2.40. The summed E-state index contributed by atoms with van der Waals surface area (Å²) in [5.74, 6) is 0.0858. The summed E-state index contributed by atoms with van der Waals surface area (Å²) in [6.45, 7) is 2.09. The summed E-state index contributed by atoms with van der Waals surface area (Å²) in [7, 11) is 0. The van der Waals surface area contributed by atoms with Crippen molar-refractivity contribution in [2.45, 2.75) is 6.92 Å². The molecule has 0 radical (unpaired) electrons. The number of fused-ring (bicyclic) bond motifs is 1. The SMILES string of the molecule is Cc1ccc(C2=CSC3=NC=NC(=S)C23)cc1. The molecule has 4 heteroatoms. The van der Waals surface area contributed by atoms with Crippen LogP contribution in [0.15, 0.2) is 39.7 Å². The van der Waals surface area contributed by atoms with Gasteiger partial charge in [0, 0.05) is 0 Å². The zero-order chi connectivity index (χ0) is 11.8. The first kappa shape index (κ1) is 10.9. The summed E-state index contributed by atoms with van der Waals surface area (Å²) < 4.78 is 0. The maximum atomic E-state index is 5.31. The fraction of sp³-hybridized carbons (Fsp3) is 0.154. The van der Waals surface area contributed by atoms with E-state index >= 15 is 0 Å². The van der Waals surface area contributed by atoms with Gasteiger partial charge >= 0.3 is 0 Å². The standard InChI is InChI=1S/C13H10N2S2/c1-8-2-4-9(5-3-8)10-6-17-13-11(10)12(16)14-7-15-13/h2-7,11H,1H3. The van der Waals surface area contributed by atoms with Crippen molar-refractivity contribution in [2.24, 2.45) is 15.9 Å². The minimum atomic E-state index is 0.0858. The van der Waals surface area contributed by atoms with Gasteiger partial charge in [-0.05, 0) is 23.5 Å². The lowest BCUT2D eigenvalue weighted by molar-refractivity contribution is 1.24. The average Bonchev–Trinajstić information content (AvgIpc) is 2.75. The van der Waals surface area contributed by atoms with Crippen molar-refractivity contribution >= 4 is 45.9 Å². The van der Waals surface area contributed by atoms with Gasteiger partial charge in [-0.25, -0.2) is 9.98 Å². The van der Waals surface area contributed by atoms with Crippen molar-refractivity contribution in [3.05, 3.63) is 40.8 Å². The van der Waals surface area contributed by atoms with E-state index in [1.807, 2.05) is 0 Å². The van der Waals surface area contributed by atoms with Crippen molar-refractivity contribution in [1.82, 2.24) is 0 Å². The normalized spacial score (nSPS) is 22.2. The fourth-order valence-electron chi connectivity index (χ4n) is 1.93. The Bertz CT molecular complexity index is 568. The van der Waals surface area contributed by atoms with E-state index in [1.165, 1.54) is 16.7 Å². The highest BCUT2D eigenvalue weighted by molar-refractivity contribution is 8.17. The first-order chi connectivity index (χ1) is 8.25. The number of aryl methyl sites for hydroxylation is 1. The molecule has 1 aromatic carbocycles. The van der Waals surface area contributed by atoms with Crippen LogP contribution in [-0.2, 0) is 0 Å². The third kappa shape index (κ3) is 1.87. The second-order valence-electron chi connectivity index (χ2n) is 4.04. The number of rotatable bonds is 1. The molecule has 2 aliphatic rings. The van der Waals surface area contributed by atoms with Crippen LogP contribution in [0.5, 0.6) is 0 Å². The van der Waals surface area contributed by atoms with E-state index in [4.69, 9.17) is 12.2 Å². The monoisotopic (exact) mass is 258 g/mol. The number of thiocarbonyl (C=S) groups is 1. The molecule has 1 unspecified atom stereocenters. The van der Waals surface area contributed by atoms with Crippen molar-refractivity contribution in [2.75, 3.05) is 0 Å². The van der Waals surface area contributed by atoms with Gasteiger partial charge in [-0.15, -0.1) is 0 Å². The van der Waals surface area contributed by atoms with Gasteiger partial charge in [0.05, 0.1) is 11.0 Å². The molecule has 0 saturated carbocycles. The van der Waals surface area contributed by atoms with Gasteiger partial charge in [-0.2, -0.15) is 0 Å². The predicted molar refractivity (Wildman–Crippen MR) is 78.8 cm³/mol. The molecule has 0 saturated heterocycles. The maximum Gasteiger partial charge on any atom is 0.119 e. The quantitative estimate of drug-likeness (QED) is 0.721. The van der Waals surface area contributed by atoms with Crippen molar-refractivity contribution in [3.63, 3.8) is 0 Å². The average molecular weight is 258 g/mol. The van der Waals surface area contributed by atoms with Gasteiger partial charge in [0.15, 0.2) is 0 Å². The smallest absolute Gasteiger partial charge is 0.119 e. The second kappa shape index (κ2) is 4.20. The molecule has 0 aromatic heterocycles. The molecule has 0 fully saturated rings. The highest BCUT2D eigenvalue weighted by Gasteiger charge is 2.32. The molecule has 0 bridgehead atoms. The predicted octanol–water partition coefficient (Wildman–Crippen LogP) is 3.47. The lowest BCUT2D eigenvalue weighted by Gasteiger charge is -2.16. The van der Waals surface area contributed by atoms with Crippen molar-refractivity contribution in [1.29, 1.82) is 0 Å². The van der Waals surface area contributed by atoms with E-state index in [1.54, 1.807) is 18.1 Å². The largest absolute Gasteiger partial charge is 0.233 e. The van der Waals surface area contributed by atoms with Gasteiger partial charge in [0.25, 0.3) is 0 Å². The molecule has 2 aliphatic heterocycles. The Kier molecular flexibility index (Phi) is 2.68. The van der Waals surface area contributed by atoms with Gasteiger partial charge < -0.3 is 0 Å². The Morgan fingerprint density at radius 1 is 1.24 bits per heavy atom. The summed E-state index contributed by atoms with van der Waals surface area (Å²) in [6, 6.07) is 8.49. The Labute approximate surface area is 110 Å². The number of nitrogens with zero attached hydrogens (tertiary/aromatic N) is 2. The number of hydrogen-bond donors (Lipinski definition) is 0. The second-order valence-corrected chi connectivity index (χ2v) is 5.35. The topological polar surface area (TPSA) is 24.7 Å². The van der Waals surface area contributed by atoms with Gasteiger partial charge in [-0.3, -0.25) is 0 Å². The van der Waals surface area contributed by atoms with Crippen LogP contribution < -0.4 is 0 Å². The van der Waals surface area contributed by atoms with E-state index in [2.05, 4.69) is 46.6 Å². The summed E-state index contributed by atoms with van der Waals surface area (Å²) in [6.07, 6.45) is 1.55. The van der Waals surface area contributed by atoms with Crippen LogP contribution in [0.2, 0.25) is 0 Å². The van der Waals surface area contributed by atoms with Gasteiger partial charge in [0.1, 0.15) is 11.3 Å². The first-order valence-corrected chi connectivity index (χ1v) is 6.62. The molecule has 1 atom stereocenters.